The van der Waals surface area contributed by atoms with Gasteiger partial charge in [0, 0.05) is 36.7 Å². The lowest BCUT2D eigenvalue weighted by Gasteiger charge is -2.15. The van der Waals surface area contributed by atoms with E-state index in [-0.39, 0.29) is 6.10 Å². The van der Waals surface area contributed by atoms with Gasteiger partial charge in [-0.3, -0.25) is 0 Å². The molecule has 0 amide bonds. The summed E-state index contributed by atoms with van der Waals surface area (Å²) in [5.41, 5.74) is 2.43. The topological polar surface area (TPSA) is 39.7 Å². The number of ether oxygens (including phenoxy) is 3. The van der Waals surface area contributed by atoms with Crippen molar-refractivity contribution in [3.05, 3.63) is 23.3 Å². The molecule has 0 radical (unpaired) electrons. The van der Waals surface area contributed by atoms with E-state index >= 15 is 0 Å². The maximum absolute atomic E-state index is 5.84. The highest BCUT2D eigenvalue weighted by molar-refractivity contribution is 5.48. The Morgan fingerprint density at radius 2 is 2.30 bits per heavy atom. The molecular formula is C16H23NO3. The van der Waals surface area contributed by atoms with E-state index in [4.69, 9.17) is 14.2 Å². The normalized spacial score (nSPS) is 24.5. The van der Waals surface area contributed by atoms with Crippen molar-refractivity contribution < 1.29 is 14.2 Å². The van der Waals surface area contributed by atoms with Crippen LogP contribution in [0.3, 0.4) is 0 Å². The molecular weight excluding hydrogens is 254 g/mol. The zero-order valence-corrected chi connectivity index (χ0v) is 12.3. The number of hydrogen-bond acceptors (Lipinski definition) is 4. The summed E-state index contributed by atoms with van der Waals surface area (Å²) in [6, 6.07) is 4.73. The van der Waals surface area contributed by atoms with E-state index in [1.807, 2.05) is 6.92 Å². The maximum atomic E-state index is 5.84. The molecule has 0 aliphatic carbocycles. The number of hydrogen-bond donors (Lipinski definition) is 1. The molecule has 0 bridgehead atoms. The van der Waals surface area contributed by atoms with Gasteiger partial charge in [0.05, 0.1) is 13.2 Å². The van der Waals surface area contributed by atoms with Crippen LogP contribution in [0, 0.1) is 0 Å². The summed E-state index contributed by atoms with van der Waals surface area (Å²) in [4.78, 5) is 0. The third-order valence-corrected chi connectivity index (χ3v) is 3.89. The standard InChI is InChI=1S/C16H23NO3/c1-3-19-15-7-12-6-11(2)20-16(12)8-13(15)9-17-14-4-5-18-10-14/h7-8,11,14,17H,3-6,9-10H2,1-2H3. The third-order valence-electron chi connectivity index (χ3n) is 3.89. The summed E-state index contributed by atoms with van der Waals surface area (Å²) in [5, 5.41) is 3.54. The first-order valence-electron chi connectivity index (χ1n) is 7.52. The first kappa shape index (κ1) is 13.7. The van der Waals surface area contributed by atoms with E-state index in [0.29, 0.717) is 12.6 Å². The summed E-state index contributed by atoms with van der Waals surface area (Å²) in [7, 11) is 0. The fraction of sp³-hybridized carbons (Fsp3) is 0.625. The summed E-state index contributed by atoms with van der Waals surface area (Å²) in [6.07, 6.45) is 2.33. The zero-order chi connectivity index (χ0) is 13.9. The van der Waals surface area contributed by atoms with Crippen LogP contribution in [-0.2, 0) is 17.7 Å². The second kappa shape index (κ2) is 6.02. The Hall–Kier alpha value is -1.26. The van der Waals surface area contributed by atoms with Crippen molar-refractivity contribution in [2.45, 2.75) is 45.4 Å². The molecule has 1 aromatic rings. The highest BCUT2D eigenvalue weighted by Crippen LogP contribution is 2.35. The lowest BCUT2D eigenvalue weighted by molar-refractivity contribution is 0.189. The van der Waals surface area contributed by atoms with Gasteiger partial charge < -0.3 is 19.5 Å². The Morgan fingerprint density at radius 3 is 3.05 bits per heavy atom. The van der Waals surface area contributed by atoms with Gasteiger partial charge in [0.2, 0.25) is 0 Å². The SMILES string of the molecule is CCOc1cc2c(cc1CNC1CCOC1)OC(C)C2. The molecule has 1 aromatic carbocycles. The number of fused-ring (bicyclic) bond motifs is 1. The fourth-order valence-electron chi connectivity index (χ4n) is 2.86. The molecule has 3 rings (SSSR count). The average Bonchev–Trinajstić information content (AvgIpc) is 3.04. The molecule has 4 nitrogen and oxygen atoms in total. The number of rotatable bonds is 5. The second-order valence-electron chi connectivity index (χ2n) is 5.57. The summed E-state index contributed by atoms with van der Waals surface area (Å²) in [6.45, 7) is 7.29. The minimum absolute atomic E-state index is 0.269. The fourth-order valence-corrected chi connectivity index (χ4v) is 2.86. The molecule has 110 valence electrons. The summed E-state index contributed by atoms with van der Waals surface area (Å²) in [5.74, 6) is 2.00. The predicted octanol–water partition coefficient (Wildman–Crippen LogP) is 2.29. The van der Waals surface area contributed by atoms with Gasteiger partial charge in [-0.1, -0.05) is 0 Å². The van der Waals surface area contributed by atoms with E-state index in [0.717, 1.165) is 44.1 Å². The first-order valence-corrected chi connectivity index (χ1v) is 7.52. The van der Waals surface area contributed by atoms with Crippen LogP contribution in [0.4, 0.5) is 0 Å². The Balaban J connectivity index is 1.75. The third kappa shape index (κ3) is 2.91. The van der Waals surface area contributed by atoms with Gasteiger partial charge in [-0.25, -0.2) is 0 Å². The van der Waals surface area contributed by atoms with Crippen molar-refractivity contribution in [3.63, 3.8) is 0 Å². The second-order valence-corrected chi connectivity index (χ2v) is 5.57. The minimum atomic E-state index is 0.269. The smallest absolute Gasteiger partial charge is 0.124 e. The lowest BCUT2D eigenvalue weighted by Crippen LogP contribution is -2.28. The van der Waals surface area contributed by atoms with Crippen LogP contribution in [0.5, 0.6) is 11.5 Å². The van der Waals surface area contributed by atoms with Crippen molar-refractivity contribution in [2.75, 3.05) is 19.8 Å². The Bertz CT molecular complexity index is 469. The molecule has 1 fully saturated rings. The van der Waals surface area contributed by atoms with E-state index in [1.54, 1.807) is 0 Å². The number of nitrogens with one attached hydrogen (secondary N) is 1. The summed E-state index contributed by atoms with van der Waals surface area (Å²) >= 11 is 0. The lowest BCUT2D eigenvalue weighted by atomic mass is 10.1. The van der Waals surface area contributed by atoms with Gasteiger partial charge in [-0.05, 0) is 32.4 Å². The molecule has 1 saturated heterocycles. The summed E-state index contributed by atoms with van der Waals surface area (Å²) < 4.78 is 17.0. The average molecular weight is 277 g/mol. The van der Waals surface area contributed by atoms with Crippen LogP contribution in [0.1, 0.15) is 31.4 Å². The van der Waals surface area contributed by atoms with Crippen LogP contribution in [0.2, 0.25) is 0 Å². The molecule has 2 aliphatic heterocycles. The van der Waals surface area contributed by atoms with Crippen molar-refractivity contribution in [2.24, 2.45) is 0 Å². The molecule has 2 unspecified atom stereocenters. The van der Waals surface area contributed by atoms with Crippen molar-refractivity contribution in [1.82, 2.24) is 5.32 Å². The van der Waals surface area contributed by atoms with Crippen molar-refractivity contribution in [3.8, 4) is 11.5 Å². The highest BCUT2D eigenvalue weighted by Gasteiger charge is 2.22. The molecule has 2 atom stereocenters. The van der Waals surface area contributed by atoms with Gasteiger partial charge in [0.15, 0.2) is 0 Å². The molecule has 4 heteroatoms. The Labute approximate surface area is 120 Å². The molecule has 2 heterocycles. The quantitative estimate of drug-likeness (QED) is 0.896. The van der Waals surface area contributed by atoms with Crippen LogP contribution < -0.4 is 14.8 Å². The van der Waals surface area contributed by atoms with Gasteiger partial charge in [-0.2, -0.15) is 0 Å². The molecule has 0 spiro atoms. The number of benzene rings is 1. The molecule has 20 heavy (non-hydrogen) atoms. The monoisotopic (exact) mass is 277 g/mol. The molecule has 0 aromatic heterocycles. The largest absolute Gasteiger partial charge is 0.494 e. The predicted molar refractivity (Wildman–Crippen MR) is 77.5 cm³/mol. The van der Waals surface area contributed by atoms with Gasteiger partial charge in [0.25, 0.3) is 0 Å². The Morgan fingerprint density at radius 1 is 1.40 bits per heavy atom. The Kier molecular flexibility index (Phi) is 4.13. The molecule has 1 N–H and O–H groups in total. The van der Waals surface area contributed by atoms with E-state index < -0.39 is 0 Å². The van der Waals surface area contributed by atoms with Gasteiger partial charge >= 0.3 is 0 Å². The highest BCUT2D eigenvalue weighted by atomic mass is 16.5. The first-order chi connectivity index (χ1) is 9.76. The molecule has 0 saturated carbocycles. The van der Waals surface area contributed by atoms with Crippen LogP contribution in [-0.4, -0.2) is 32.0 Å². The van der Waals surface area contributed by atoms with Gasteiger partial charge in [0.1, 0.15) is 17.6 Å². The van der Waals surface area contributed by atoms with Crippen LogP contribution >= 0.6 is 0 Å². The van der Waals surface area contributed by atoms with Crippen molar-refractivity contribution in [1.29, 1.82) is 0 Å². The molecule has 2 aliphatic rings. The van der Waals surface area contributed by atoms with Crippen LogP contribution in [0.15, 0.2) is 12.1 Å². The van der Waals surface area contributed by atoms with E-state index in [1.165, 1.54) is 11.1 Å². The van der Waals surface area contributed by atoms with E-state index in [9.17, 15) is 0 Å². The maximum Gasteiger partial charge on any atom is 0.124 e. The zero-order valence-electron chi connectivity index (χ0n) is 12.3. The van der Waals surface area contributed by atoms with Gasteiger partial charge in [-0.15, -0.1) is 0 Å². The minimum Gasteiger partial charge on any atom is -0.494 e. The van der Waals surface area contributed by atoms with Crippen LogP contribution in [0.25, 0.3) is 0 Å². The van der Waals surface area contributed by atoms with Crippen molar-refractivity contribution >= 4 is 0 Å². The van der Waals surface area contributed by atoms with E-state index in [2.05, 4.69) is 24.4 Å².